The fourth-order valence-electron chi connectivity index (χ4n) is 3.44. The van der Waals surface area contributed by atoms with Crippen LogP contribution in [0.5, 0.6) is 0 Å². The Kier molecular flexibility index (Phi) is 5.19. The zero-order valence-electron chi connectivity index (χ0n) is 14.7. The first-order valence-electron chi connectivity index (χ1n) is 9.03. The van der Waals surface area contributed by atoms with Gasteiger partial charge >= 0.3 is 0 Å². The first-order chi connectivity index (χ1) is 11.5. The Labute approximate surface area is 144 Å². The van der Waals surface area contributed by atoms with Crippen molar-refractivity contribution in [2.45, 2.75) is 33.1 Å². The number of piperazine rings is 1. The number of nitrogens with zero attached hydrogens (tertiary/aromatic N) is 1. The number of anilines is 1. The highest BCUT2D eigenvalue weighted by Gasteiger charge is 2.32. The molecule has 0 spiro atoms. The van der Waals surface area contributed by atoms with Gasteiger partial charge in [0.25, 0.3) is 5.91 Å². The van der Waals surface area contributed by atoms with Crippen molar-refractivity contribution in [3.63, 3.8) is 0 Å². The van der Waals surface area contributed by atoms with Gasteiger partial charge in [-0.3, -0.25) is 9.59 Å². The Hall–Kier alpha value is -1.88. The van der Waals surface area contributed by atoms with Crippen molar-refractivity contribution in [1.82, 2.24) is 4.90 Å². The molecule has 0 bridgehead atoms. The van der Waals surface area contributed by atoms with Crippen LogP contribution in [-0.4, -0.2) is 49.4 Å². The predicted octanol–water partition coefficient (Wildman–Crippen LogP) is 0.769. The first kappa shape index (κ1) is 17.0. The molecule has 5 nitrogen and oxygen atoms in total. The van der Waals surface area contributed by atoms with E-state index in [4.69, 9.17) is 0 Å². The Bertz CT molecular complexity index is 617. The molecular formula is C19H28N3O2+. The molecule has 24 heavy (non-hydrogen) atoms. The summed E-state index contributed by atoms with van der Waals surface area (Å²) in [7, 11) is 0. The van der Waals surface area contributed by atoms with E-state index < -0.39 is 0 Å². The van der Waals surface area contributed by atoms with Crippen LogP contribution in [0.3, 0.4) is 0 Å². The summed E-state index contributed by atoms with van der Waals surface area (Å²) in [5.41, 5.74) is 3.21. The minimum absolute atomic E-state index is 0.0532. The van der Waals surface area contributed by atoms with Crippen LogP contribution < -0.4 is 10.2 Å². The standard InChI is InChI=1S/C19H27N3O2/c1-14-5-3-8-17(15(14)2)20-18(23)13-21-9-11-22(12-10-21)19(24)16-6-4-7-16/h3,5,8,16H,4,6-7,9-13H2,1-2H3,(H,20,23)/p+1. The van der Waals surface area contributed by atoms with Crippen molar-refractivity contribution in [2.75, 3.05) is 38.0 Å². The monoisotopic (exact) mass is 330 g/mol. The third-order valence-corrected chi connectivity index (χ3v) is 5.53. The molecule has 0 atom stereocenters. The zero-order chi connectivity index (χ0) is 17.1. The van der Waals surface area contributed by atoms with Crippen LogP contribution in [0.1, 0.15) is 30.4 Å². The molecule has 0 aromatic heterocycles. The van der Waals surface area contributed by atoms with Gasteiger partial charge in [0.05, 0.1) is 26.2 Å². The molecule has 5 heteroatoms. The second-order valence-electron chi connectivity index (χ2n) is 7.18. The lowest BCUT2D eigenvalue weighted by atomic mass is 9.84. The van der Waals surface area contributed by atoms with Gasteiger partial charge in [0.2, 0.25) is 5.91 Å². The molecule has 2 fully saturated rings. The minimum Gasteiger partial charge on any atom is -0.331 e. The molecule has 2 aliphatic rings. The molecule has 1 heterocycles. The van der Waals surface area contributed by atoms with Gasteiger partial charge in [-0.2, -0.15) is 0 Å². The fraction of sp³-hybridized carbons (Fsp3) is 0.579. The lowest BCUT2D eigenvalue weighted by molar-refractivity contribution is -0.895. The van der Waals surface area contributed by atoms with Gasteiger partial charge in [-0.25, -0.2) is 0 Å². The molecule has 0 unspecified atom stereocenters. The quantitative estimate of drug-likeness (QED) is 0.857. The number of quaternary nitrogens is 1. The third-order valence-electron chi connectivity index (χ3n) is 5.53. The Morgan fingerprint density at radius 1 is 1.21 bits per heavy atom. The summed E-state index contributed by atoms with van der Waals surface area (Å²) in [6.45, 7) is 7.83. The highest BCUT2D eigenvalue weighted by Crippen LogP contribution is 2.28. The van der Waals surface area contributed by atoms with E-state index in [-0.39, 0.29) is 11.8 Å². The maximum absolute atomic E-state index is 12.3. The molecule has 3 rings (SSSR count). The van der Waals surface area contributed by atoms with Crippen LogP contribution in [0.25, 0.3) is 0 Å². The number of carbonyl (C=O) groups excluding carboxylic acids is 2. The van der Waals surface area contributed by atoms with Gasteiger partial charge < -0.3 is 15.1 Å². The molecule has 1 saturated heterocycles. The first-order valence-corrected chi connectivity index (χ1v) is 9.03. The lowest BCUT2D eigenvalue weighted by Crippen LogP contribution is -3.15. The number of hydrogen-bond donors (Lipinski definition) is 2. The maximum atomic E-state index is 12.3. The summed E-state index contributed by atoms with van der Waals surface area (Å²) in [4.78, 5) is 27.8. The van der Waals surface area contributed by atoms with Gasteiger partial charge in [-0.05, 0) is 43.9 Å². The topological polar surface area (TPSA) is 53.9 Å². The van der Waals surface area contributed by atoms with E-state index in [0.29, 0.717) is 12.5 Å². The Morgan fingerprint density at radius 2 is 1.92 bits per heavy atom. The van der Waals surface area contributed by atoms with E-state index in [1.54, 1.807) is 0 Å². The average molecular weight is 330 g/mol. The number of hydrogen-bond acceptors (Lipinski definition) is 2. The van der Waals surface area contributed by atoms with Crippen molar-refractivity contribution in [3.05, 3.63) is 29.3 Å². The maximum Gasteiger partial charge on any atom is 0.279 e. The molecule has 1 aliphatic heterocycles. The van der Waals surface area contributed by atoms with E-state index in [1.165, 1.54) is 16.9 Å². The minimum atomic E-state index is 0.0532. The van der Waals surface area contributed by atoms with Crippen LogP contribution in [0.4, 0.5) is 5.69 Å². The highest BCUT2D eigenvalue weighted by molar-refractivity contribution is 5.92. The number of carbonyl (C=O) groups is 2. The van der Waals surface area contributed by atoms with Gasteiger partial charge in [-0.15, -0.1) is 0 Å². The highest BCUT2D eigenvalue weighted by atomic mass is 16.2. The predicted molar refractivity (Wildman–Crippen MR) is 94.0 cm³/mol. The lowest BCUT2D eigenvalue weighted by Gasteiger charge is -2.36. The van der Waals surface area contributed by atoms with Crippen LogP contribution in [-0.2, 0) is 9.59 Å². The van der Waals surface area contributed by atoms with Crippen LogP contribution in [0.15, 0.2) is 18.2 Å². The van der Waals surface area contributed by atoms with Gasteiger partial charge in [0.1, 0.15) is 0 Å². The molecule has 130 valence electrons. The molecule has 2 N–H and O–H groups in total. The molecule has 2 amide bonds. The summed E-state index contributed by atoms with van der Waals surface area (Å²) in [5.74, 6) is 0.664. The molecule has 1 aromatic carbocycles. The van der Waals surface area contributed by atoms with Crippen molar-refractivity contribution >= 4 is 17.5 Å². The van der Waals surface area contributed by atoms with Crippen molar-refractivity contribution in [1.29, 1.82) is 0 Å². The van der Waals surface area contributed by atoms with E-state index in [2.05, 4.69) is 18.3 Å². The number of rotatable bonds is 4. The van der Waals surface area contributed by atoms with E-state index >= 15 is 0 Å². The van der Waals surface area contributed by atoms with Gasteiger partial charge in [-0.1, -0.05) is 18.6 Å². The Balaban J connectivity index is 1.46. The van der Waals surface area contributed by atoms with E-state index in [0.717, 1.165) is 50.3 Å². The second-order valence-corrected chi connectivity index (χ2v) is 7.18. The van der Waals surface area contributed by atoms with Crippen molar-refractivity contribution < 1.29 is 14.5 Å². The summed E-state index contributed by atoms with van der Waals surface area (Å²) < 4.78 is 0. The van der Waals surface area contributed by atoms with Crippen molar-refractivity contribution in [2.24, 2.45) is 5.92 Å². The smallest absolute Gasteiger partial charge is 0.279 e. The number of aryl methyl sites for hydroxylation is 1. The molecule has 1 aliphatic carbocycles. The van der Waals surface area contributed by atoms with E-state index in [1.807, 2.05) is 24.0 Å². The summed E-state index contributed by atoms with van der Waals surface area (Å²) in [6.07, 6.45) is 3.31. The molecule has 1 saturated carbocycles. The number of nitrogens with one attached hydrogen (secondary N) is 2. The average Bonchev–Trinajstić information content (AvgIpc) is 2.51. The SMILES string of the molecule is Cc1cccc(NC(=O)C[NH+]2CCN(C(=O)C3CCC3)CC2)c1C. The van der Waals surface area contributed by atoms with Crippen LogP contribution in [0.2, 0.25) is 0 Å². The number of amides is 2. The summed E-state index contributed by atoms with van der Waals surface area (Å²) in [6, 6.07) is 5.97. The van der Waals surface area contributed by atoms with Crippen LogP contribution in [0, 0.1) is 19.8 Å². The van der Waals surface area contributed by atoms with Crippen molar-refractivity contribution in [3.8, 4) is 0 Å². The normalized spacial score (nSPS) is 19.0. The fourth-order valence-corrected chi connectivity index (χ4v) is 3.44. The van der Waals surface area contributed by atoms with Crippen LogP contribution >= 0.6 is 0 Å². The molecule has 0 radical (unpaired) electrons. The molecule has 1 aromatic rings. The van der Waals surface area contributed by atoms with E-state index in [9.17, 15) is 9.59 Å². The summed E-state index contributed by atoms with van der Waals surface area (Å²) in [5, 5.41) is 3.03. The number of benzene rings is 1. The zero-order valence-corrected chi connectivity index (χ0v) is 14.7. The van der Waals surface area contributed by atoms with Gasteiger partial charge in [0.15, 0.2) is 6.54 Å². The summed E-state index contributed by atoms with van der Waals surface area (Å²) >= 11 is 0. The third kappa shape index (κ3) is 3.78. The largest absolute Gasteiger partial charge is 0.331 e. The second kappa shape index (κ2) is 7.34. The Morgan fingerprint density at radius 3 is 2.54 bits per heavy atom. The van der Waals surface area contributed by atoms with Gasteiger partial charge in [0, 0.05) is 11.6 Å². The molecular weight excluding hydrogens is 302 g/mol.